The summed E-state index contributed by atoms with van der Waals surface area (Å²) in [4.78, 5) is 25.9. The maximum absolute atomic E-state index is 13.1. The van der Waals surface area contributed by atoms with Crippen LogP contribution in [0.15, 0.2) is 52.7 Å². The molecule has 30 heavy (non-hydrogen) atoms. The molecule has 0 radical (unpaired) electrons. The highest BCUT2D eigenvalue weighted by molar-refractivity contribution is 6.11. The quantitative estimate of drug-likeness (QED) is 0.663. The molecule has 0 unspecified atom stereocenters. The molecule has 0 spiro atoms. The Bertz CT molecular complexity index is 1130. The number of hydrogen-bond donors (Lipinski definition) is 0. The van der Waals surface area contributed by atoms with Crippen LogP contribution in [0.25, 0.3) is 10.9 Å². The molecule has 2 aliphatic heterocycles. The Morgan fingerprint density at radius 1 is 0.867 bits per heavy atom. The molecule has 152 valence electrons. The summed E-state index contributed by atoms with van der Waals surface area (Å²) in [7, 11) is 0. The minimum Gasteiger partial charge on any atom is -0.298 e. The summed E-state index contributed by atoms with van der Waals surface area (Å²) in [6.07, 6.45) is 1.04. The summed E-state index contributed by atoms with van der Waals surface area (Å²) < 4.78 is 13.1. The van der Waals surface area contributed by atoms with Gasteiger partial charge in [0.25, 0.3) is 5.91 Å². The SMILES string of the molecule is O=C1N=Nc2nc(CN3CCCN(Cc4ccc(F)cc4)CC3)nc3cccc1c23. The molecule has 0 aliphatic carbocycles. The van der Waals surface area contributed by atoms with Gasteiger partial charge in [-0.2, -0.15) is 0 Å². The number of azo groups is 1. The second-order valence-corrected chi connectivity index (χ2v) is 7.70. The van der Waals surface area contributed by atoms with Gasteiger partial charge in [0, 0.05) is 19.6 Å². The van der Waals surface area contributed by atoms with Gasteiger partial charge in [0.15, 0.2) is 5.82 Å². The third kappa shape index (κ3) is 3.83. The van der Waals surface area contributed by atoms with Crippen molar-refractivity contribution in [3.05, 3.63) is 65.2 Å². The molecule has 1 fully saturated rings. The Morgan fingerprint density at radius 3 is 2.43 bits per heavy atom. The van der Waals surface area contributed by atoms with E-state index >= 15 is 0 Å². The maximum Gasteiger partial charge on any atom is 0.296 e. The van der Waals surface area contributed by atoms with Gasteiger partial charge >= 0.3 is 0 Å². The van der Waals surface area contributed by atoms with Crippen molar-refractivity contribution in [3.8, 4) is 0 Å². The first kappa shape index (κ1) is 18.9. The molecule has 1 aromatic heterocycles. The molecular formula is C22H21FN6O. The van der Waals surface area contributed by atoms with Gasteiger partial charge in [-0.15, -0.1) is 10.2 Å². The molecule has 0 saturated carbocycles. The minimum absolute atomic E-state index is 0.203. The van der Waals surface area contributed by atoms with Crippen molar-refractivity contribution in [2.24, 2.45) is 10.2 Å². The van der Waals surface area contributed by atoms with E-state index in [1.165, 1.54) is 12.1 Å². The number of halogens is 1. The van der Waals surface area contributed by atoms with Crippen LogP contribution in [0.3, 0.4) is 0 Å². The van der Waals surface area contributed by atoms with Gasteiger partial charge < -0.3 is 0 Å². The molecule has 0 atom stereocenters. The second-order valence-electron chi connectivity index (χ2n) is 7.70. The van der Waals surface area contributed by atoms with E-state index in [-0.39, 0.29) is 11.7 Å². The largest absolute Gasteiger partial charge is 0.298 e. The standard InChI is InChI=1S/C22H21FN6O/c23-16-7-5-15(6-8-16)13-28-9-2-10-29(12-11-28)14-19-24-18-4-1-3-17-20(18)21(25-19)26-27-22(17)30/h1,3-8H,2,9-14H2. The molecule has 8 heteroatoms. The van der Waals surface area contributed by atoms with Crippen molar-refractivity contribution >= 4 is 22.6 Å². The fourth-order valence-electron chi connectivity index (χ4n) is 4.07. The molecule has 7 nitrogen and oxygen atoms in total. The van der Waals surface area contributed by atoms with E-state index in [4.69, 9.17) is 0 Å². The number of hydrogen-bond acceptors (Lipinski definition) is 6. The summed E-state index contributed by atoms with van der Waals surface area (Å²) in [5.74, 6) is 0.609. The van der Waals surface area contributed by atoms with Gasteiger partial charge in [0.1, 0.15) is 11.6 Å². The van der Waals surface area contributed by atoms with Gasteiger partial charge in [-0.25, -0.2) is 14.4 Å². The molecule has 2 aliphatic rings. The smallest absolute Gasteiger partial charge is 0.296 e. The molecule has 2 aromatic carbocycles. The van der Waals surface area contributed by atoms with Crippen molar-refractivity contribution in [1.29, 1.82) is 0 Å². The van der Waals surface area contributed by atoms with Gasteiger partial charge in [0.05, 0.1) is 23.0 Å². The summed E-state index contributed by atoms with van der Waals surface area (Å²) >= 11 is 0. The van der Waals surface area contributed by atoms with Crippen molar-refractivity contribution in [2.45, 2.75) is 19.5 Å². The lowest BCUT2D eigenvalue weighted by Crippen LogP contribution is -2.30. The van der Waals surface area contributed by atoms with E-state index in [1.807, 2.05) is 24.3 Å². The third-order valence-corrected chi connectivity index (χ3v) is 5.58. The molecule has 0 bridgehead atoms. The normalized spacial score (nSPS) is 17.4. The van der Waals surface area contributed by atoms with Gasteiger partial charge in [-0.1, -0.05) is 18.2 Å². The predicted molar refractivity (Wildman–Crippen MR) is 110 cm³/mol. The van der Waals surface area contributed by atoms with Crippen molar-refractivity contribution < 1.29 is 9.18 Å². The molecule has 1 saturated heterocycles. The zero-order valence-electron chi connectivity index (χ0n) is 16.5. The lowest BCUT2D eigenvalue weighted by atomic mass is 10.1. The topological polar surface area (TPSA) is 74.1 Å². The molecule has 5 rings (SSSR count). The number of benzene rings is 2. The number of carbonyl (C=O) groups excluding carboxylic acids is 1. The Balaban J connectivity index is 1.28. The highest BCUT2D eigenvalue weighted by Crippen LogP contribution is 2.31. The van der Waals surface area contributed by atoms with Gasteiger partial charge in [-0.05, 0) is 49.3 Å². The van der Waals surface area contributed by atoms with Crippen LogP contribution in [-0.4, -0.2) is 51.9 Å². The summed E-state index contributed by atoms with van der Waals surface area (Å²) in [5.41, 5.74) is 2.36. The molecular weight excluding hydrogens is 383 g/mol. The highest BCUT2D eigenvalue weighted by atomic mass is 19.1. The minimum atomic E-state index is -0.349. The molecule has 0 N–H and O–H groups in total. The van der Waals surface area contributed by atoms with Crippen LogP contribution in [0.4, 0.5) is 10.2 Å². The predicted octanol–water partition coefficient (Wildman–Crippen LogP) is 3.71. The summed E-state index contributed by atoms with van der Waals surface area (Å²) in [6.45, 7) is 5.23. The second kappa shape index (κ2) is 7.97. The first-order chi connectivity index (χ1) is 14.7. The molecule has 3 heterocycles. The highest BCUT2D eigenvalue weighted by Gasteiger charge is 2.22. The van der Waals surface area contributed by atoms with Crippen LogP contribution in [0, 0.1) is 5.82 Å². The first-order valence-corrected chi connectivity index (χ1v) is 10.1. The average molecular weight is 404 g/mol. The van der Waals surface area contributed by atoms with E-state index in [0.717, 1.165) is 50.2 Å². The lowest BCUT2D eigenvalue weighted by molar-refractivity contribution is 0.0995. The van der Waals surface area contributed by atoms with Crippen molar-refractivity contribution in [3.63, 3.8) is 0 Å². The van der Waals surface area contributed by atoms with Crippen molar-refractivity contribution in [1.82, 2.24) is 19.8 Å². The first-order valence-electron chi connectivity index (χ1n) is 10.1. The Hall–Kier alpha value is -3.10. The summed E-state index contributed by atoms with van der Waals surface area (Å²) in [6, 6.07) is 12.2. The van der Waals surface area contributed by atoms with E-state index in [0.29, 0.717) is 29.1 Å². The zero-order valence-corrected chi connectivity index (χ0v) is 16.5. The Morgan fingerprint density at radius 2 is 1.63 bits per heavy atom. The zero-order chi connectivity index (χ0) is 20.5. The fraction of sp³-hybridized carbons (Fsp3) is 0.318. The van der Waals surface area contributed by atoms with E-state index in [1.54, 1.807) is 6.07 Å². The third-order valence-electron chi connectivity index (χ3n) is 5.58. The lowest BCUT2D eigenvalue weighted by Gasteiger charge is -2.21. The molecule has 3 aromatic rings. The Labute approximate surface area is 173 Å². The maximum atomic E-state index is 13.1. The van der Waals surface area contributed by atoms with Crippen LogP contribution in [-0.2, 0) is 13.1 Å². The Kier molecular flexibility index (Phi) is 5.02. The number of aromatic nitrogens is 2. The van der Waals surface area contributed by atoms with Crippen LogP contribution in [0.5, 0.6) is 0 Å². The van der Waals surface area contributed by atoms with E-state index < -0.39 is 0 Å². The van der Waals surface area contributed by atoms with Gasteiger partial charge in [0.2, 0.25) is 0 Å². The fourth-order valence-corrected chi connectivity index (χ4v) is 4.07. The molecule has 1 amide bonds. The van der Waals surface area contributed by atoms with Crippen LogP contribution in [0.1, 0.15) is 28.2 Å². The van der Waals surface area contributed by atoms with Crippen LogP contribution in [0.2, 0.25) is 0 Å². The number of carbonyl (C=O) groups is 1. The average Bonchev–Trinajstić information content (AvgIpc) is 2.97. The summed E-state index contributed by atoms with van der Waals surface area (Å²) in [5, 5.41) is 8.39. The number of nitrogens with zero attached hydrogens (tertiary/aromatic N) is 6. The number of amides is 1. The monoisotopic (exact) mass is 404 g/mol. The van der Waals surface area contributed by atoms with Crippen molar-refractivity contribution in [2.75, 3.05) is 26.2 Å². The van der Waals surface area contributed by atoms with E-state index in [2.05, 4.69) is 30.0 Å². The van der Waals surface area contributed by atoms with Crippen LogP contribution < -0.4 is 0 Å². The number of rotatable bonds is 4. The van der Waals surface area contributed by atoms with Crippen LogP contribution >= 0.6 is 0 Å². The van der Waals surface area contributed by atoms with E-state index in [9.17, 15) is 9.18 Å². The van der Waals surface area contributed by atoms with Gasteiger partial charge in [-0.3, -0.25) is 14.6 Å².